The lowest BCUT2D eigenvalue weighted by atomic mass is 10.1. The number of anilines is 1. The zero-order chi connectivity index (χ0) is 8.43. The molecule has 0 fully saturated rings. The van der Waals surface area contributed by atoms with E-state index in [0.717, 1.165) is 5.56 Å². The molecule has 2 nitrogen and oxygen atoms in total. The van der Waals surface area contributed by atoms with E-state index in [1.807, 2.05) is 13.0 Å². The third kappa shape index (κ3) is 1.58. The fourth-order valence-corrected chi connectivity index (χ4v) is 1.00. The Morgan fingerprint density at radius 2 is 2.09 bits per heavy atom. The molecule has 0 saturated heterocycles. The average Bonchev–Trinajstić information content (AvgIpc) is 1.85. The van der Waals surface area contributed by atoms with Crippen LogP contribution < -0.4 is 5.73 Å². The monoisotopic (exact) mass is 149 g/mol. The zero-order valence-corrected chi connectivity index (χ0v) is 6.72. The number of hydrogen-bond donors (Lipinski definition) is 1. The van der Waals surface area contributed by atoms with Gasteiger partial charge in [0.05, 0.1) is 0 Å². The molecule has 0 unspecified atom stereocenters. The second kappa shape index (κ2) is 2.74. The van der Waals surface area contributed by atoms with Gasteiger partial charge in [-0.2, -0.15) is 0 Å². The maximum atomic E-state index is 10.9. The van der Waals surface area contributed by atoms with Crippen LogP contribution in [-0.4, -0.2) is 5.78 Å². The van der Waals surface area contributed by atoms with Gasteiger partial charge in [0.1, 0.15) is 0 Å². The molecule has 2 N–H and O–H groups in total. The standard InChI is InChI=1S/C9H11NO/c1-6-3-4-8(7(2)11)9(10)5-6/h3-5H,10H2,1-2H3. The minimum atomic E-state index is 0.0162. The molecule has 0 aliphatic rings. The number of nitrogen functional groups attached to an aromatic ring is 1. The third-order valence-corrected chi connectivity index (χ3v) is 1.59. The number of carbonyl (C=O) groups excluding carboxylic acids is 1. The van der Waals surface area contributed by atoms with Crippen LogP contribution in [-0.2, 0) is 0 Å². The van der Waals surface area contributed by atoms with Crippen LogP contribution >= 0.6 is 0 Å². The Morgan fingerprint density at radius 3 is 2.55 bits per heavy atom. The number of ketones is 1. The van der Waals surface area contributed by atoms with Crippen molar-refractivity contribution in [2.75, 3.05) is 5.73 Å². The summed E-state index contributed by atoms with van der Waals surface area (Å²) in [7, 11) is 0. The predicted molar refractivity (Wildman–Crippen MR) is 45.6 cm³/mol. The van der Waals surface area contributed by atoms with Crippen LogP contribution in [0, 0.1) is 6.92 Å². The van der Waals surface area contributed by atoms with Gasteiger partial charge in [0.25, 0.3) is 0 Å². The highest BCUT2D eigenvalue weighted by Crippen LogP contribution is 2.13. The van der Waals surface area contributed by atoms with E-state index < -0.39 is 0 Å². The van der Waals surface area contributed by atoms with Gasteiger partial charge in [-0.25, -0.2) is 0 Å². The molecule has 0 amide bonds. The third-order valence-electron chi connectivity index (χ3n) is 1.59. The number of nitrogens with two attached hydrogens (primary N) is 1. The van der Waals surface area contributed by atoms with Crippen LogP contribution in [0.1, 0.15) is 22.8 Å². The molecule has 0 radical (unpaired) electrons. The van der Waals surface area contributed by atoms with E-state index in [2.05, 4.69) is 0 Å². The van der Waals surface area contributed by atoms with E-state index in [4.69, 9.17) is 5.73 Å². The maximum Gasteiger partial charge on any atom is 0.161 e. The highest BCUT2D eigenvalue weighted by atomic mass is 16.1. The molecule has 1 aromatic carbocycles. The lowest BCUT2D eigenvalue weighted by molar-refractivity contribution is 0.101. The van der Waals surface area contributed by atoms with E-state index in [9.17, 15) is 4.79 Å². The lowest BCUT2D eigenvalue weighted by Crippen LogP contribution is -1.99. The average molecular weight is 149 g/mol. The molecule has 2 heteroatoms. The van der Waals surface area contributed by atoms with Gasteiger partial charge < -0.3 is 5.73 Å². The fraction of sp³-hybridized carbons (Fsp3) is 0.222. The lowest BCUT2D eigenvalue weighted by Gasteiger charge is -2.01. The number of benzene rings is 1. The molecule has 0 aliphatic heterocycles. The molecule has 0 spiro atoms. The van der Waals surface area contributed by atoms with Crippen molar-refractivity contribution in [2.45, 2.75) is 13.8 Å². The van der Waals surface area contributed by atoms with Crippen LogP contribution in [0.2, 0.25) is 0 Å². The van der Waals surface area contributed by atoms with Gasteiger partial charge >= 0.3 is 0 Å². The summed E-state index contributed by atoms with van der Waals surface area (Å²) in [5, 5.41) is 0. The van der Waals surface area contributed by atoms with E-state index in [1.165, 1.54) is 6.92 Å². The minimum Gasteiger partial charge on any atom is -0.398 e. The molecule has 11 heavy (non-hydrogen) atoms. The molecule has 0 bridgehead atoms. The summed E-state index contributed by atoms with van der Waals surface area (Å²) in [4.78, 5) is 10.9. The molecular weight excluding hydrogens is 138 g/mol. The van der Waals surface area contributed by atoms with Crippen LogP contribution in [0.25, 0.3) is 0 Å². The summed E-state index contributed by atoms with van der Waals surface area (Å²) in [6.07, 6.45) is 0. The number of aryl methyl sites for hydroxylation is 1. The first-order valence-corrected chi connectivity index (χ1v) is 3.48. The van der Waals surface area contributed by atoms with Crippen molar-refractivity contribution in [3.8, 4) is 0 Å². The summed E-state index contributed by atoms with van der Waals surface area (Å²) >= 11 is 0. The molecule has 1 aromatic rings. The number of Topliss-reactive ketones (excluding diaryl/α,β-unsaturated/α-hetero) is 1. The van der Waals surface area contributed by atoms with Crippen LogP contribution in [0.4, 0.5) is 5.69 Å². The minimum absolute atomic E-state index is 0.0162. The van der Waals surface area contributed by atoms with Gasteiger partial charge in [-0.15, -0.1) is 0 Å². The molecule has 0 atom stereocenters. The van der Waals surface area contributed by atoms with Gasteiger partial charge in [-0.3, -0.25) is 4.79 Å². The summed E-state index contributed by atoms with van der Waals surface area (Å²) in [6.45, 7) is 3.46. The molecule has 0 aliphatic carbocycles. The van der Waals surface area contributed by atoms with Crippen LogP contribution in [0.15, 0.2) is 18.2 Å². The van der Waals surface area contributed by atoms with Gasteiger partial charge in [0.15, 0.2) is 5.78 Å². The van der Waals surface area contributed by atoms with Gasteiger partial charge in [0.2, 0.25) is 0 Å². The fourth-order valence-electron chi connectivity index (χ4n) is 1.00. The van der Waals surface area contributed by atoms with Crippen molar-refractivity contribution in [3.05, 3.63) is 29.3 Å². The van der Waals surface area contributed by atoms with Crippen molar-refractivity contribution in [1.29, 1.82) is 0 Å². The Bertz CT molecular complexity index is 292. The van der Waals surface area contributed by atoms with Gasteiger partial charge in [-0.1, -0.05) is 6.07 Å². The Balaban J connectivity index is 3.20. The first-order valence-electron chi connectivity index (χ1n) is 3.48. The Labute approximate surface area is 66.0 Å². The van der Waals surface area contributed by atoms with Crippen molar-refractivity contribution >= 4 is 11.5 Å². The molecule has 0 heterocycles. The summed E-state index contributed by atoms with van der Waals surface area (Å²) in [5.74, 6) is 0.0162. The summed E-state index contributed by atoms with van der Waals surface area (Å²) in [6, 6.07) is 5.44. The highest BCUT2D eigenvalue weighted by Gasteiger charge is 2.02. The SMILES string of the molecule is CC(=O)c1ccc(C)cc1N. The molecular formula is C9H11NO. The summed E-state index contributed by atoms with van der Waals surface area (Å²) in [5.41, 5.74) is 7.85. The molecule has 58 valence electrons. The van der Waals surface area contributed by atoms with Gasteiger partial charge in [0, 0.05) is 11.3 Å². The quantitative estimate of drug-likeness (QED) is 0.488. The largest absolute Gasteiger partial charge is 0.398 e. The maximum absolute atomic E-state index is 10.9. The van der Waals surface area contributed by atoms with E-state index in [1.54, 1.807) is 12.1 Å². The highest BCUT2D eigenvalue weighted by molar-refractivity contribution is 5.99. The van der Waals surface area contributed by atoms with Crippen LogP contribution in [0.3, 0.4) is 0 Å². The number of carbonyl (C=O) groups is 1. The zero-order valence-electron chi connectivity index (χ0n) is 6.72. The molecule has 0 saturated carbocycles. The normalized spacial score (nSPS) is 9.64. The summed E-state index contributed by atoms with van der Waals surface area (Å²) < 4.78 is 0. The number of hydrogen-bond acceptors (Lipinski definition) is 2. The van der Waals surface area contributed by atoms with Gasteiger partial charge in [-0.05, 0) is 31.5 Å². The topological polar surface area (TPSA) is 43.1 Å². The van der Waals surface area contributed by atoms with Crippen molar-refractivity contribution in [2.24, 2.45) is 0 Å². The van der Waals surface area contributed by atoms with Crippen molar-refractivity contribution in [3.63, 3.8) is 0 Å². The van der Waals surface area contributed by atoms with Crippen molar-refractivity contribution < 1.29 is 4.79 Å². The second-order valence-electron chi connectivity index (χ2n) is 2.65. The Kier molecular flexibility index (Phi) is 1.94. The molecule has 1 rings (SSSR count). The second-order valence-corrected chi connectivity index (χ2v) is 2.65. The Morgan fingerprint density at radius 1 is 1.45 bits per heavy atom. The van der Waals surface area contributed by atoms with Crippen LogP contribution in [0.5, 0.6) is 0 Å². The predicted octanol–water partition coefficient (Wildman–Crippen LogP) is 1.78. The van der Waals surface area contributed by atoms with E-state index in [0.29, 0.717) is 11.3 Å². The molecule has 0 aromatic heterocycles. The van der Waals surface area contributed by atoms with Crippen molar-refractivity contribution in [1.82, 2.24) is 0 Å². The number of rotatable bonds is 1. The first-order chi connectivity index (χ1) is 5.11. The van der Waals surface area contributed by atoms with E-state index >= 15 is 0 Å². The van der Waals surface area contributed by atoms with E-state index in [-0.39, 0.29) is 5.78 Å². The smallest absolute Gasteiger partial charge is 0.161 e. The Hall–Kier alpha value is -1.31. The first kappa shape index (κ1) is 7.79.